The van der Waals surface area contributed by atoms with Gasteiger partial charge in [-0.3, -0.25) is 0 Å². The van der Waals surface area contributed by atoms with Crippen LogP contribution in [0, 0.1) is 5.92 Å². The molecule has 0 aromatic carbocycles. The summed E-state index contributed by atoms with van der Waals surface area (Å²) in [4.78, 5) is 9.98. The lowest BCUT2D eigenvalue weighted by atomic mass is 10.0. The highest BCUT2D eigenvalue weighted by atomic mass is 16.4. The molecule has 0 fully saturated rings. The first-order valence-electron chi connectivity index (χ1n) is 3.74. The molecule has 0 saturated carbocycles. The molecule has 2 N–H and O–H groups in total. The fourth-order valence-corrected chi connectivity index (χ4v) is 0.406. The third-order valence-corrected chi connectivity index (χ3v) is 1.46. The van der Waals surface area contributed by atoms with E-state index in [0.29, 0.717) is 5.92 Å². The second kappa shape index (κ2) is 9.59. The van der Waals surface area contributed by atoms with Gasteiger partial charge < -0.3 is 15.3 Å². The Bertz CT molecular complexity index is 86.2. The van der Waals surface area contributed by atoms with E-state index in [-0.39, 0.29) is 6.04 Å². The Morgan fingerprint density at radius 1 is 1.55 bits per heavy atom. The molecule has 68 valence electrons. The van der Waals surface area contributed by atoms with E-state index >= 15 is 0 Å². The molecule has 0 saturated heterocycles. The van der Waals surface area contributed by atoms with Crippen molar-refractivity contribution in [3.05, 3.63) is 0 Å². The summed E-state index contributed by atoms with van der Waals surface area (Å²) in [6, 6.07) is -0.264. The van der Waals surface area contributed by atoms with E-state index in [9.17, 15) is 4.79 Å². The smallest absolute Gasteiger partial charge is 0.136 e. The molecule has 0 amide bonds. The van der Waals surface area contributed by atoms with Crippen LogP contribution < -0.4 is 5.73 Å². The van der Waals surface area contributed by atoms with E-state index in [4.69, 9.17) is 5.73 Å². The number of methoxy groups -OCH3 is 1. The van der Waals surface area contributed by atoms with Crippen molar-refractivity contribution in [2.75, 3.05) is 14.2 Å². The van der Waals surface area contributed by atoms with E-state index in [1.807, 2.05) is 13.8 Å². The Morgan fingerprint density at radius 3 is 2.00 bits per heavy atom. The van der Waals surface area contributed by atoms with Crippen molar-refractivity contribution < 1.29 is 9.53 Å². The maximum absolute atomic E-state index is 9.98. The van der Waals surface area contributed by atoms with E-state index in [1.54, 1.807) is 14.2 Å². The number of ether oxygens (including phenoxy) is 1. The van der Waals surface area contributed by atoms with Gasteiger partial charge in [-0.15, -0.1) is 0 Å². The zero-order valence-electron chi connectivity index (χ0n) is 7.83. The zero-order valence-corrected chi connectivity index (χ0v) is 7.83. The predicted molar refractivity (Wildman–Crippen MR) is 46.4 cm³/mol. The molecular formula is C8H19NO2. The number of rotatable bonds is 3. The fraction of sp³-hybridized carbons (Fsp3) is 0.875. The van der Waals surface area contributed by atoms with Crippen molar-refractivity contribution in [3.8, 4) is 0 Å². The number of aldehydes is 1. The van der Waals surface area contributed by atoms with Crippen LogP contribution in [0.25, 0.3) is 0 Å². The first-order valence-corrected chi connectivity index (χ1v) is 3.74. The summed E-state index contributed by atoms with van der Waals surface area (Å²) < 4.78 is 4.25. The summed E-state index contributed by atoms with van der Waals surface area (Å²) in [6.45, 7) is 3.99. The summed E-state index contributed by atoms with van der Waals surface area (Å²) in [7, 11) is 3.25. The highest BCUT2D eigenvalue weighted by molar-refractivity contribution is 5.57. The summed E-state index contributed by atoms with van der Waals surface area (Å²) >= 11 is 0. The normalized spacial score (nSPS) is 14.3. The largest absolute Gasteiger partial charge is 0.388 e. The first-order chi connectivity index (χ1) is 5.13. The van der Waals surface area contributed by atoms with Gasteiger partial charge in [-0.2, -0.15) is 0 Å². The molecule has 3 heteroatoms. The number of hydrogen-bond donors (Lipinski definition) is 1. The van der Waals surface area contributed by atoms with Crippen molar-refractivity contribution in [1.29, 1.82) is 0 Å². The van der Waals surface area contributed by atoms with Crippen molar-refractivity contribution in [3.63, 3.8) is 0 Å². The van der Waals surface area contributed by atoms with Gasteiger partial charge in [0.2, 0.25) is 0 Å². The highest BCUT2D eigenvalue weighted by Crippen LogP contribution is 2.01. The van der Waals surface area contributed by atoms with Gasteiger partial charge in [0.05, 0.1) is 6.04 Å². The van der Waals surface area contributed by atoms with Gasteiger partial charge in [-0.25, -0.2) is 0 Å². The van der Waals surface area contributed by atoms with Crippen LogP contribution in [0.5, 0.6) is 0 Å². The second-order valence-corrected chi connectivity index (χ2v) is 2.51. The standard InChI is InChI=1S/C6H13NO.C2H6O/c1-3-5(2)6(7)4-8;1-3-2/h4-6H,3,7H2,1-2H3;1-2H3/t5-,6?;/m0./s1. The average Bonchev–Trinajstić information content (AvgIpc) is 2.03. The molecule has 0 aromatic rings. The number of nitrogens with two attached hydrogens (primary N) is 1. The SMILES string of the molecule is CC[C@H](C)C(N)C=O.COC. The van der Waals surface area contributed by atoms with Gasteiger partial charge in [0.25, 0.3) is 0 Å². The van der Waals surface area contributed by atoms with Crippen LogP contribution in [0.15, 0.2) is 0 Å². The monoisotopic (exact) mass is 161 g/mol. The Hall–Kier alpha value is -0.410. The average molecular weight is 161 g/mol. The lowest BCUT2D eigenvalue weighted by Crippen LogP contribution is -2.28. The fourth-order valence-electron chi connectivity index (χ4n) is 0.406. The lowest BCUT2D eigenvalue weighted by molar-refractivity contribution is -0.109. The zero-order chi connectivity index (χ0) is 9.28. The second-order valence-electron chi connectivity index (χ2n) is 2.51. The van der Waals surface area contributed by atoms with Crippen LogP contribution in [-0.4, -0.2) is 26.5 Å². The van der Waals surface area contributed by atoms with Crippen LogP contribution in [-0.2, 0) is 9.53 Å². The number of carbonyl (C=O) groups excluding carboxylic acids is 1. The van der Waals surface area contributed by atoms with Gasteiger partial charge in [0, 0.05) is 14.2 Å². The molecule has 0 aromatic heterocycles. The molecule has 0 spiro atoms. The van der Waals surface area contributed by atoms with Crippen molar-refractivity contribution in [2.45, 2.75) is 26.3 Å². The number of carbonyl (C=O) groups is 1. The van der Waals surface area contributed by atoms with E-state index in [1.165, 1.54) is 0 Å². The first kappa shape index (κ1) is 13.2. The van der Waals surface area contributed by atoms with Gasteiger partial charge in [0.1, 0.15) is 6.29 Å². The van der Waals surface area contributed by atoms with Crippen molar-refractivity contribution >= 4 is 6.29 Å². The molecule has 0 heterocycles. The van der Waals surface area contributed by atoms with E-state index < -0.39 is 0 Å². The maximum Gasteiger partial charge on any atom is 0.136 e. The quantitative estimate of drug-likeness (QED) is 0.623. The summed E-state index contributed by atoms with van der Waals surface area (Å²) in [6.07, 6.45) is 1.77. The van der Waals surface area contributed by atoms with Gasteiger partial charge in [0.15, 0.2) is 0 Å². The van der Waals surface area contributed by atoms with Crippen molar-refractivity contribution in [1.82, 2.24) is 0 Å². The summed E-state index contributed by atoms with van der Waals surface area (Å²) in [5.41, 5.74) is 5.36. The van der Waals surface area contributed by atoms with Gasteiger partial charge in [-0.05, 0) is 5.92 Å². The maximum atomic E-state index is 9.98. The molecular weight excluding hydrogens is 142 g/mol. The molecule has 0 aliphatic heterocycles. The van der Waals surface area contributed by atoms with Crippen LogP contribution in [0.1, 0.15) is 20.3 Å². The number of hydrogen-bond acceptors (Lipinski definition) is 3. The molecule has 11 heavy (non-hydrogen) atoms. The van der Waals surface area contributed by atoms with Gasteiger partial charge in [-0.1, -0.05) is 20.3 Å². The summed E-state index contributed by atoms with van der Waals surface area (Å²) in [5.74, 6) is 0.326. The van der Waals surface area contributed by atoms with Crippen LogP contribution in [0.2, 0.25) is 0 Å². The third kappa shape index (κ3) is 9.59. The minimum absolute atomic E-state index is 0.264. The van der Waals surface area contributed by atoms with Gasteiger partial charge >= 0.3 is 0 Å². The molecule has 0 aliphatic carbocycles. The van der Waals surface area contributed by atoms with Crippen LogP contribution in [0.3, 0.4) is 0 Å². The van der Waals surface area contributed by atoms with Crippen molar-refractivity contribution in [2.24, 2.45) is 11.7 Å². The minimum Gasteiger partial charge on any atom is -0.388 e. The third-order valence-electron chi connectivity index (χ3n) is 1.46. The molecule has 3 nitrogen and oxygen atoms in total. The Labute approximate surface area is 68.9 Å². The predicted octanol–water partition coefficient (Wildman–Crippen LogP) is 0.821. The Balaban J connectivity index is 0. The molecule has 0 aliphatic rings. The molecule has 2 atom stereocenters. The van der Waals surface area contributed by atoms with Crippen LogP contribution in [0.4, 0.5) is 0 Å². The Morgan fingerprint density at radius 2 is 1.91 bits per heavy atom. The molecule has 0 bridgehead atoms. The Kier molecular flexibility index (Phi) is 11.5. The highest BCUT2D eigenvalue weighted by Gasteiger charge is 2.07. The molecule has 0 rings (SSSR count). The van der Waals surface area contributed by atoms with Crippen LogP contribution >= 0.6 is 0 Å². The lowest BCUT2D eigenvalue weighted by Gasteiger charge is -2.09. The van der Waals surface area contributed by atoms with E-state index in [0.717, 1.165) is 12.7 Å². The summed E-state index contributed by atoms with van der Waals surface area (Å²) in [5, 5.41) is 0. The minimum atomic E-state index is -0.264. The molecule has 0 radical (unpaired) electrons. The van der Waals surface area contributed by atoms with E-state index in [2.05, 4.69) is 4.74 Å². The topological polar surface area (TPSA) is 52.3 Å². The molecule has 1 unspecified atom stereocenters.